The number of aromatic nitrogens is 3. The molecule has 0 unspecified atom stereocenters. The standard InChI is InChI=1S/C14H19ClN4O/c1-11-2-3-16-14-13(11)17-12(10-15)19(14)5-4-18-6-8-20-9-7-18/h2-3H,4-10H2,1H3. The van der Waals surface area contributed by atoms with E-state index in [4.69, 9.17) is 16.3 Å². The molecule has 3 heterocycles. The Balaban J connectivity index is 1.84. The van der Waals surface area contributed by atoms with Crippen LogP contribution in [0.1, 0.15) is 11.4 Å². The number of halogens is 1. The Kier molecular flexibility index (Phi) is 4.19. The Morgan fingerprint density at radius 3 is 2.85 bits per heavy atom. The summed E-state index contributed by atoms with van der Waals surface area (Å²) in [4.78, 5) is 11.5. The van der Waals surface area contributed by atoms with Crippen LogP contribution in [-0.2, 0) is 17.2 Å². The lowest BCUT2D eigenvalue weighted by Gasteiger charge is -2.26. The molecule has 0 amide bonds. The third kappa shape index (κ3) is 2.66. The molecular weight excluding hydrogens is 276 g/mol. The van der Waals surface area contributed by atoms with Crippen molar-refractivity contribution in [2.24, 2.45) is 0 Å². The van der Waals surface area contributed by atoms with E-state index in [0.29, 0.717) is 5.88 Å². The van der Waals surface area contributed by atoms with E-state index >= 15 is 0 Å². The van der Waals surface area contributed by atoms with Crippen LogP contribution in [0.4, 0.5) is 0 Å². The van der Waals surface area contributed by atoms with Crippen LogP contribution in [0.15, 0.2) is 12.3 Å². The summed E-state index contributed by atoms with van der Waals surface area (Å²) in [5, 5.41) is 0. The van der Waals surface area contributed by atoms with E-state index in [1.807, 2.05) is 12.3 Å². The van der Waals surface area contributed by atoms with Gasteiger partial charge in [0, 0.05) is 32.4 Å². The maximum atomic E-state index is 6.03. The number of morpholine rings is 1. The third-order valence-electron chi connectivity index (χ3n) is 3.78. The van der Waals surface area contributed by atoms with Gasteiger partial charge in [-0.05, 0) is 18.6 Å². The van der Waals surface area contributed by atoms with Crippen molar-refractivity contribution in [3.8, 4) is 0 Å². The van der Waals surface area contributed by atoms with E-state index in [1.165, 1.54) is 0 Å². The summed E-state index contributed by atoms with van der Waals surface area (Å²) in [5.74, 6) is 1.32. The zero-order valence-corrected chi connectivity index (χ0v) is 12.4. The zero-order chi connectivity index (χ0) is 13.9. The van der Waals surface area contributed by atoms with Crippen molar-refractivity contribution in [3.05, 3.63) is 23.7 Å². The molecule has 0 N–H and O–H groups in total. The molecule has 1 aliphatic heterocycles. The number of alkyl halides is 1. The molecule has 0 saturated carbocycles. The predicted octanol–water partition coefficient (Wildman–Crippen LogP) is 1.81. The first kappa shape index (κ1) is 13.8. The molecule has 2 aromatic rings. The fraction of sp³-hybridized carbons (Fsp3) is 0.571. The first-order valence-electron chi connectivity index (χ1n) is 6.96. The summed E-state index contributed by atoms with van der Waals surface area (Å²) < 4.78 is 7.52. The van der Waals surface area contributed by atoms with Crippen LogP contribution in [0.25, 0.3) is 11.2 Å². The fourth-order valence-electron chi connectivity index (χ4n) is 2.59. The minimum absolute atomic E-state index is 0.416. The predicted molar refractivity (Wildman–Crippen MR) is 79.1 cm³/mol. The Morgan fingerprint density at radius 2 is 2.10 bits per heavy atom. The summed E-state index contributed by atoms with van der Waals surface area (Å²) >= 11 is 6.03. The van der Waals surface area contributed by atoms with Crippen molar-refractivity contribution in [2.75, 3.05) is 32.8 Å². The van der Waals surface area contributed by atoms with Gasteiger partial charge in [-0.1, -0.05) is 0 Å². The van der Waals surface area contributed by atoms with Crippen LogP contribution in [0.2, 0.25) is 0 Å². The van der Waals surface area contributed by atoms with Crippen LogP contribution >= 0.6 is 11.6 Å². The fourth-order valence-corrected chi connectivity index (χ4v) is 2.79. The van der Waals surface area contributed by atoms with Gasteiger partial charge in [-0.2, -0.15) is 0 Å². The van der Waals surface area contributed by atoms with Crippen LogP contribution in [0.5, 0.6) is 0 Å². The summed E-state index contributed by atoms with van der Waals surface area (Å²) in [6.07, 6.45) is 1.84. The maximum absolute atomic E-state index is 6.03. The van der Waals surface area contributed by atoms with Gasteiger partial charge in [0.15, 0.2) is 5.65 Å². The number of hydrogen-bond donors (Lipinski definition) is 0. The van der Waals surface area contributed by atoms with E-state index in [0.717, 1.165) is 61.9 Å². The second-order valence-corrected chi connectivity index (χ2v) is 5.33. The largest absolute Gasteiger partial charge is 0.379 e. The molecule has 1 aliphatic rings. The minimum Gasteiger partial charge on any atom is -0.379 e. The van der Waals surface area contributed by atoms with Gasteiger partial charge in [0.25, 0.3) is 0 Å². The summed E-state index contributed by atoms with van der Waals surface area (Å²) in [6, 6.07) is 1.99. The van der Waals surface area contributed by atoms with Gasteiger partial charge in [-0.25, -0.2) is 9.97 Å². The highest BCUT2D eigenvalue weighted by Gasteiger charge is 2.15. The Labute approximate surface area is 123 Å². The summed E-state index contributed by atoms with van der Waals surface area (Å²) in [6.45, 7) is 7.55. The number of aryl methyl sites for hydroxylation is 1. The molecule has 20 heavy (non-hydrogen) atoms. The average molecular weight is 295 g/mol. The van der Waals surface area contributed by atoms with Gasteiger partial charge in [0.2, 0.25) is 0 Å². The van der Waals surface area contributed by atoms with Crippen molar-refractivity contribution in [3.63, 3.8) is 0 Å². The van der Waals surface area contributed by atoms with Crippen LogP contribution < -0.4 is 0 Å². The molecule has 1 saturated heterocycles. The number of imidazole rings is 1. The van der Waals surface area contributed by atoms with Crippen molar-refractivity contribution in [1.29, 1.82) is 0 Å². The van der Waals surface area contributed by atoms with E-state index in [1.54, 1.807) is 0 Å². The Hall–Kier alpha value is -1.17. The molecule has 5 nitrogen and oxygen atoms in total. The zero-order valence-electron chi connectivity index (χ0n) is 11.7. The molecule has 108 valence electrons. The molecule has 2 aromatic heterocycles. The normalized spacial score (nSPS) is 16.9. The van der Waals surface area contributed by atoms with Gasteiger partial charge < -0.3 is 9.30 Å². The lowest BCUT2D eigenvalue weighted by molar-refractivity contribution is 0.0364. The molecular formula is C14H19ClN4O. The topological polar surface area (TPSA) is 43.2 Å². The van der Waals surface area contributed by atoms with Gasteiger partial charge in [-0.3, -0.25) is 4.90 Å². The second-order valence-electron chi connectivity index (χ2n) is 5.07. The highest BCUT2D eigenvalue weighted by molar-refractivity contribution is 6.16. The smallest absolute Gasteiger partial charge is 0.160 e. The van der Waals surface area contributed by atoms with Crippen molar-refractivity contribution >= 4 is 22.8 Å². The number of fused-ring (bicyclic) bond motifs is 1. The summed E-state index contributed by atoms with van der Waals surface area (Å²) in [7, 11) is 0. The number of ether oxygens (including phenoxy) is 1. The molecule has 1 fully saturated rings. The lowest BCUT2D eigenvalue weighted by atomic mass is 10.3. The second kappa shape index (κ2) is 6.08. The summed E-state index contributed by atoms with van der Waals surface area (Å²) in [5.41, 5.74) is 3.05. The molecule has 0 radical (unpaired) electrons. The van der Waals surface area contributed by atoms with Gasteiger partial charge in [0.05, 0.1) is 19.1 Å². The number of hydrogen-bond acceptors (Lipinski definition) is 4. The quantitative estimate of drug-likeness (QED) is 0.807. The van der Waals surface area contributed by atoms with Crippen LogP contribution in [-0.4, -0.2) is 52.3 Å². The molecule has 0 aliphatic carbocycles. The molecule has 0 spiro atoms. The molecule has 0 bridgehead atoms. The van der Waals surface area contributed by atoms with E-state index in [-0.39, 0.29) is 0 Å². The highest BCUT2D eigenvalue weighted by atomic mass is 35.5. The maximum Gasteiger partial charge on any atom is 0.160 e. The lowest BCUT2D eigenvalue weighted by Crippen LogP contribution is -2.38. The first-order chi connectivity index (χ1) is 9.79. The average Bonchev–Trinajstić information content (AvgIpc) is 2.85. The third-order valence-corrected chi connectivity index (χ3v) is 4.02. The van der Waals surface area contributed by atoms with E-state index in [9.17, 15) is 0 Å². The first-order valence-corrected chi connectivity index (χ1v) is 7.50. The van der Waals surface area contributed by atoms with Gasteiger partial charge >= 0.3 is 0 Å². The van der Waals surface area contributed by atoms with Crippen molar-refractivity contribution in [2.45, 2.75) is 19.3 Å². The monoisotopic (exact) mass is 294 g/mol. The number of rotatable bonds is 4. The van der Waals surface area contributed by atoms with Crippen LogP contribution in [0.3, 0.4) is 0 Å². The van der Waals surface area contributed by atoms with Gasteiger partial charge in [-0.15, -0.1) is 11.6 Å². The van der Waals surface area contributed by atoms with E-state index in [2.05, 4.69) is 26.4 Å². The van der Waals surface area contributed by atoms with E-state index < -0.39 is 0 Å². The Morgan fingerprint density at radius 1 is 1.30 bits per heavy atom. The molecule has 0 atom stereocenters. The molecule has 0 aromatic carbocycles. The Bertz CT molecular complexity index is 592. The van der Waals surface area contributed by atoms with Gasteiger partial charge in [0.1, 0.15) is 11.3 Å². The molecule has 3 rings (SSSR count). The number of pyridine rings is 1. The van der Waals surface area contributed by atoms with Crippen molar-refractivity contribution < 1.29 is 4.74 Å². The van der Waals surface area contributed by atoms with Crippen molar-refractivity contribution in [1.82, 2.24) is 19.4 Å². The highest BCUT2D eigenvalue weighted by Crippen LogP contribution is 2.18. The molecule has 6 heteroatoms. The SMILES string of the molecule is Cc1ccnc2c1nc(CCl)n2CCN1CCOCC1. The minimum atomic E-state index is 0.416. The van der Waals surface area contributed by atoms with Crippen LogP contribution in [0, 0.1) is 6.92 Å². The number of nitrogens with zero attached hydrogens (tertiary/aromatic N) is 4.